The van der Waals surface area contributed by atoms with Crippen molar-refractivity contribution in [2.45, 2.75) is 25.4 Å². The van der Waals surface area contributed by atoms with Gasteiger partial charge in [-0.1, -0.05) is 0 Å². The van der Waals surface area contributed by atoms with Gasteiger partial charge in [-0.05, 0) is 38.3 Å². The van der Waals surface area contributed by atoms with Crippen LogP contribution in [0.3, 0.4) is 0 Å². The van der Waals surface area contributed by atoms with Gasteiger partial charge in [-0.25, -0.2) is 0 Å². The Labute approximate surface area is 82.2 Å². The van der Waals surface area contributed by atoms with E-state index in [4.69, 9.17) is 5.73 Å². The van der Waals surface area contributed by atoms with Crippen molar-refractivity contribution in [1.82, 2.24) is 4.90 Å². The van der Waals surface area contributed by atoms with Gasteiger partial charge in [0.2, 0.25) is 0 Å². The van der Waals surface area contributed by atoms with Crippen molar-refractivity contribution in [2.24, 2.45) is 11.7 Å². The summed E-state index contributed by atoms with van der Waals surface area (Å²) in [7, 11) is 0. The molecule has 5 heteroatoms. The maximum Gasteiger partial charge on any atom is 0.401 e. The topological polar surface area (TPSA) is 29.3 Å². The molecule has 1 aliphatic rings. The highest BCUT2D eigenvalue weighted by Gasteiger charge is 2.33. The Morgan fingerprint density at radius 3 is 2.64 bits per heavy atom. The molecule has 1 saturated heterocycles. The van der Waals surface area contributed by atoms with Crippen LogP contribution in [0.2, 0.25) is 0 Å². The van der Waals surface area contributed by atoms with Crippen LogP contribution in [0.25, 0.3) is 0 Å². The van der Waals surface area contributed by atoms with Crippen LogP contribution < -0.4 is 5.73 Å². The molecule has 0 aromatic heterocycles. The van der Waals surface area contributed by atoms with Crippen LogP contribution in [0.1, 0.15) is 19.3 Å². The maximum atomic E-state index is 12.0. The largest absolute Gasteiger partial charge is 0.401 e. The second-order valence-electron chi connectivity index (χ2n) is 3.94. The van der Waals surface area contributed by atoms with Gasteiger partial charge in [0.1, 0.15) is 0 Å². The van der Waals surface area contributed by atoms with Gasteiger partial charge in [0.05, 0.1) is 6.54 Å². The number of hydrogen-bond acceptors (Lipinski definition) is 2. The fourth-order valence-electron chi connectivity index (χ4n) is 1.95. The van der Waals surface area contributed by atoms with Crippen molar-refractivity contribution >= 4 is 0 Å². The van der Waals surface area contributed by atoms with E-state index in [1.807, 2.05) is 0 Å². The number of rotatable bonds is 4. The molecule has 14 heavy (non-hydrogen) atoms. The lowest BCUT2D eigenvalue weighted by molar-refractivity contribution is -0.143. The summed E-state index contributed by atoms with van der Waals surface area (Å²) in [6, 6.07) is 0. The number of nitrogens with zero attached hydrogens (tertiary/aromatic N) is 1. The van der Waals surface area contributed by atoms with Crippen molar-refractivity contribution in [3.8, 4) is 0 Å². The molecule has 0 amide bonds. The highest BCUT2D eigenvalue weighted by molar-refractivity contribution is 4.77. The zero-order chi connectivity index (χ0) is 10.6. The monoisotopic (exact) mass is 210 g/mol. The van der Waals surface area contributed by atoms with Gasteiger partial charge in [0.25, 0.3) is 0 Å². The summed E-state index contributed by atoms with van der Waals surface area (Å²) in [5, 5.41) is 0. The second-order valence-corrected chi connectivity index (χ2v) is 3.94. The standard InChI is InChI=1S/C9H17F3N2/c10-9(11,12)7-14-5-3-8(6-14)2-1-4-13/h8H,1-7,13H2. The first-order valence-electron chi connectivity index (χ1n) is 5.00. The summed E-state index contributed by atoms with van der Waals surface area (Å²) in [6.07, 6.45) is -1.28. The molecule has 0 aromatic rings. The smallest absolute Gasteiger partial charge is 0.330 e. The van der Waals surface area contributed by atoms with Crippen molar-refractivity contribution in [1.29, 1.82) is 0 Å². The molecule has 1 heterocycles. The van der Waals surface area contributed by atoms with Crippen LogP contribution in [-0.2, 0) is 0 Å². The zero-order valence-electron chi connectivity index (χ0n) is 8.19. The van der Waals surface area contributed by atoms with Gasteiger partial charge in [0.15, 0.2) is 0 Å². The lowest BCUT2D eigenvalue weighted by Crippen LogP contribution is -2.32. The predicted octanol–water partition coefficient (Wildman–Crippen LogP) is 1.61. The SMILES string of the molecule is NCCCC1CCN(CC(F)(F)F)C1. The molecule has 2 nitrogen and oxygen atoms in total. The minimum absolute atomic E-state index is 0.417. The fraction of sp³-hybridized carbons (Fsp3) is 1.00. The summed E-state index contributed by atoms with van der Waals surface area (Å²) in [6.45, 7) is 1.04. The van der Waals surface area contributed by atoms with Crippen molar-refractivity contribution in [3.05, 3.63) is 0 Å². The van der Waals surface area contributed by atoms with E-state index in [1.54, 1.807) is 0 Å². The first-order valence-corrected chi connectivity index (χ1v) is 5.00. The lowest BCUT2D eigenvalue weighted by Gasteiger charge is -2.17. The van der Waals surface area contributed by atoms with Crippen molar-refractivity contribution in [3.63, 3.8) is 0 Å². The Hall–Kier alpha value is -0.290. The first kappa shape index (κ1) is 11.8. The molecule has 1 aliphatic heterocycles. The van der Waals surface area contributed by atoms with E-state index in [1.165, 1.54) is 4.90 Å². The van der Waals surface area contributed by atoms with Crippen LogP contribution in [0.5, 0.6) is 0 Å². The van der Waals surface area contributed by atoms with Crippen LogP contribution in [0.15, 0.2) is 0 Å². The first-order chi connectivity index (χ1) is 6.51. The van der Waals surface area contributed by atoms with Crippen LogP contribution in [0.4, 0.5) is 13.2 Å². The van der Waals surface area contributed by atoms with E-state index in [0.717, 1.165) is 19.3 Å². The van der Waals surface area contributed by atoms with Gasteiger partial charge < -0.3 is 5.73 Å². The maximum absolute atomic E-state index is 12.0. The molecule has 0 aliphatic carbocycles. The van der Waals surface area contributed by atoms with E-state index in [0.29, 0.717) is 25.6 Å². The minimum atomic E-state index is -4.05. The van der Waals surface area contributed by atoms with Gasteiger partial charge in [-0.3, -0.25) is 4.90 Å². The van der Waals surface area contributed by atoms with Crippen LogP contribution in [-0.4, -0.2) is 37.3 Å². The van der Waals surface area contributed by atoms with Gasteiger partial charge in [0, 0.05) is 6.54 Å². The van der Waals surface area contributed by atoms with Crippen LogP contribution in [0, 0.1) is 5.92 Å². The normalized spacial score (nSPS) is 24.4. The molecule has 0 bridgehead atoms. The van der Waals surface area contributed by atoms with E-state index >= 15 is 0 Å². The van der Waals surface area contributed by atoms with Gasteiger partial charge in [-0.2, -0.15) is 13.2 Å². The number of hydrogen-bond donors (Lipinski definition) is 1. The second kappa shape index (κ2) is 4.98. The average Bonchev–Trinajstić information content (AvgIpc) is 2.46. The van der Waals surface area contributed by atoms with Crippen molar-refractivity contribution < 1.29 is 13.2 Å². The van der Waals surface area contributed by atoms with E-state index in [-0.39, 0.29) is 0 Å². The third-order valence-electron chi connectivity index (χ3n) is 2.59. The van der Waals surface area contributed by atoms with E-state index < -0.39 is 12.7 Å². The molecule has 1 rings (SSSR count). The van der Waals surface area contributed by atoms with Gasteiger partial charge in [-0.15, -0.1) is 0 Å². The molecule has 0 aromatic carbocycles. The Morgan fingerprint density at radius 2 is 2.07 bits per heavy atom. The molecule has 84 valence electrons. The quantitative estimate of drug-likeness (QED) is 0.763. The summed E-state index contributed by atoms with van der Waals surface area (Å²) >= 11 is 0. The third kappa shape index (κ3) is 4.28. The Kier molecular flexibility index (Phi) is 4.19. The number of nitrogens with two attached hydrogens (primary N) is 1. The minimum Gasteiger partial charge on any atom is -0.330 e. The Balaban J connectivity index is 2.20. The summed E-state index contributed by atoms with van der Waals surface area (Å²) in [5.41, 5.74) is 5.35. The summed E-state index contributed by atoms with van der Waals surface area (Å²) in [5.74, 6) is 0.417. The van der Waals surface area contributed by atoms with E-state index in [2.05, 4.69) is 0 Å². The molecular formula is C9H17F3N2. The molecule has 0 radical (unpaired) electrons. The van der Waals surface area contributed by atoms with Crippen molar-refractivity contribution in [2.75, 3.05) is 26.2 Å². The molecule has 0 spiro atoms. The highest BCUT2D eigenvalue weighted by atomic mass is 19.4. The highest BCUT2D eigenvalue weighted by Crippen LogP contribution is 2.24. The molecular weight excluding hydrogens is 193 g/mol. The third-order valence-corrected chi connectivity index (χ3v) is 2.59. The molecule has 2 N–H and O–H groups in total. The average molecular weight is 210 g/mol. The fourth-order valence-corrected chi connectivity index (χ4v) is 1.95. The number of alkyl halides is 3. The summed E-state index contributed by atoms with van der Waals surface area (Å²) < 4.78 is 36.1. The molecule has 1 unspecified atom stereocenters. The summed E-state index contributed by atoms with van der Waals surface area (Å²) in [4.78, 5) is 1.49. The lowest BCUT2D eigenvalue weighted by atomic mass is 10.0. The number of likely N-dealkylation sites (tertiary alicyclic amines) is 1. The molecule has 0 saturated carbocycles. The van der Waals surface area contributed by atoms with Crippen LogP contribution >= 0.6 is 0 Å². The Morgan fingerprint density at radius 1 is 1.36 bits per heavy atom. The van der Waals surface area contributed by atoms with Gasteiger partial charge >= 0.3 is 6.18 Å². The Bertz CT molecular complexity index is 170. The predicted molar refractivity (Wildman–Crippen MR) is 48.9 cm³/mol. The zero-order valence-corrected chi connectivity index (χ0v) is 8.19. The number of halogens is 3. The van der Waals surface area contributed by atoms with E-state index in [9.17, 15) is 13.2 Å². The molecule has 1 atom stereocenters. The molecule has 1 fully saturated rings.